The lowest BCUT2D eigenvalue weighted by Gasteiger charge is -2.41. The molecule has 0 heteroatoms. The second kappa shape index (κ2) is 8.44. The first-order valence-electron chi connectivity index (χ1n) is 10.4. The Balaban J connectivity index is 1.92. The largest absolute Gasteiger partial charge is 0.0757 e. The van der Waals surface area contributed by atoms with E-state index in [0.717, 1.165) is 6.42 Å². The van der Waals surface area contributed by atoms with Crippen LogP contribution in [0.5, 0.6) is 0 Å². The van der Waals surface area contributed by atoms with Gasteiger partial charge in [-0.05, 0) is 28.7 Å². The fraction of sp³-hybridized carbons (Fsp3) is 0.214. The standard InChI is InChI=1S/C28H28/c1-2-3-22-28(24-16-9-5-10-17-24,25-18-11-6-12-19-25)27-21-13-20-26(27)23-14-7-4-8-15-23/h4-21,27H,2-3,22H2,1H3. The minimum atomic E-state index is -0.0623. The van der Waals surface area contributed by atoms with Crippen molar-refractivity contribution in [1.29, 1.82) is 0 Å². The minimum absolute atomic E-state index is 0.0623. The number of allylic oxidation sites excluding steroid dienone is 4. The Labute approximate surface area is 169 Å². The molecule has 28 heavy (non-hydrogen) atoms. The molecule has 0 aromatic heterocycles. The fourth-order valence-corrected chi connectivity index (χ4v) is 4.71. The molecule has 0 aliphatic heterocycles. The highest BCUT2D eigenvalue weighted by molar-refractivity contribution is 5.76. The van der Waals surface area contributed by atoms with Gasteiger partial charge in [0.25, 0.3) is 0 Å². The molecule has 0 amide bonds. The molecule has 0 fully saturated rings. The predicted octanol–water partition coefficient (Wildman–Crippen LogP) is 7.43. The van der Waals surface area contributed by atoms with Gasteiger partial charge < -0.3 is 0 Å². The quantitative estimate of drug-likeness (QED) is 0.409. The van der Waals surface area contributed by atoms with Gasteiger partial charge in [-0.3, -0.25) is 0 Å². The van der Waals surface area contributed by atoms with Crippen LogP contribution in [0.2, 0.25) is 0 Å². The summed E-state index contributed by atoms with van der Waals surface area (Å²) in [5, 5.41) is 0. The van der Waals surface area contributed by atoms with E-state index in [1.165, 1.54) is 35.1 Å². The van der Waals surface area contributed by atoms with Crippen LogP contribution in [0.1, 0.15) is 42.9 Å². The highest BCUT2D eigenvalue weighted by atomic mass is 14.4. The van der Waals surface area contributed by atoms with E-state index in [2.05, 4.69) is 116 Å². The summed E-state index contributed by atoms with van der Waals surface area (Å²) < 4.78 is 0. The van der Waals surface area contributed by atoms with Gasteiger partial charge in [-0.25, -0.2) is 0 Å². The maximum Gasteiger partial charge on any atom is 0.0306 e. The lowest BCUT2D eigenvalue weighted by molar-refractivity contribution is 0.401. The molecule has 0 bridgehead atoms. The van der Waals surface area contributed by atoms with Crippen LogP contribution in [0, 0.1) is 5.92 Å². The first kappa shape index (κ1) is 18.5. The molecule has 1 aliphatic rings. The summed E-state index contributed by atoms with van der Waals surface area (Å²) in [7, 11) is 0. The second-order valence-electron chi connectivity index (χ2n) is 7.66. The maximum atomic E-state index is 2.41. The molecule has 1 unspecified atom stereocenters. The van der Waals surface area contributed by atoms with Gasteiger partial charge in [0.1, 0.15) is 0 Å². The molecule has 1 atom stereocenters. The molecular weight excluding hydrogens is 336 g/mol. The molecular formula is C28H28. The smallest absolute Gasteiger partial charge is 0.0306 e. The van der Waals surface area contributed by atoms with Gasteiger partial charge in [0.2, 0.25) is 0 Å². The van der Waals surface area contributed by atoms with E-state index in [-0.39, 0.29) is 5.41 Å². The molecule has 0 saturated carbocycles. The topological polar surface area (TPSA) is 0 Å². The highest BCUT2D eigenvalue weighted by Crippen LogP contribution is 2.50. The maximum absolute atomic E-state index is 2.41. The van der Waals surface area contributed by atoms with E-state index in [9.17, 15) is 0 Å². The van der Waals surface area contributed by atoms with Crippen LogP contribution in [0.15, 0.2) is 109 Å². The van der Waals surface area contributed by atoms with E-state index in [1.54, 1.807) is 0 Å². The van der Waals surface area contributed by atoms with E-state index in [4.69, 9.17) is 0 Å². The average molecular weight is 365 g/mol. The van der Waals surface area contributed by atoms with E-state index in [1.807, 2.05) is 0 Å². The van der Waals surface area contributed by atoms with Crippen LogP contribution in [0.25, 0.3) is 5.57 Å². The first-order valence-corrected chi connectivity index (χ1v) is 10.4. The minimum Gasteiger partial charge on any atom is -0.0757 e. The second-order valence-corrected chi connectivity index (χ2v) is 7.66. The predicted molar refractivity (Wildman–Crippen MR) is 120 cm³/mol. The van der Waals surface area contributed by atoms with Crippen molar-refractivity contribution < 1.29 is 0 Å². The third kappa shape index (κ3) is 3.36. The van der Waals surface area contributed by atoms with E-state index in [0.29, 0.717) is 5.92 Å². The molecule has 1 aliphatic carbocycles. The molecule has 0 heterocycles. The van der Waals surface area contributed by atoms with Gasteiger partial charge in [-0.2, -0.15) is 0 Å². The number of benzene rings is 3. The Bertz CT molecular complexity index is 894. The Kier molecular flexibility index (Phi) is 5.58. The third-order valence-corrected chi connectivity index (χ3v) is 6.05. The van der Waals surface area contributed by atoms with Crippen molar-refractivity contribution >= 4 is 5.57 Å². The van der Waals surface area contributed by atoms with Crippen molar-refractivity contribution in [3.05, 3.63) is 126 Å². The van der Waals surface area contributed by atoms with Crippen LogP contribution >= 0.6 is 0 Å². The zero-order valence-electron chi connectivity index (χ0n) is 16.6. The third-order valence-electron chi connectivity index (χ3n) is 6.05. The van der Waals surface area contributed by atoms with Gasteiger partial charge in [-0.1, -0.05) is 129 Å². The van der Waals surface area contributed by atoms with Crippen molar-refractivity contribution in [3.63, 3.8) is 0 Å². The zero-order chi connectivity index (χ0) is 19.2. The van der Waals surface area contributed by atoms with Crippen LogP contribution in [-0.2, 0) is 5.41 Å². The van der Waals surface area contributed by atoms with Crippen LogP contribution in [-0.4, -0.2) is 0 Å². The van der Waals surface area contributed by atoms with Crippen molar-refractivity contribution in [1.82, 2.24) is 0 Å². The molecule has 4 rings (SSSR count). The number of unbranched alkanes of at least 4 members (excludes halogenated alkanes) is 1. The van der Waals surface area contributed by atoms with Crippen molar-refractivity contribution in [2.45, 2.75) is 31.6 Å². The molecule has 0 N–H and O–H groups in total. The molecule has 3 aromatic carbocycles. The summed E-state index contributed by atoms with van der Waals surface area (Å²) in [5.41, 5.74) is 5.50. The summed E-state index contributed by atoms with van der Waals surface area (Å²) in [6.45, 7) is 2.29. The zero-order valence-corrected chi connectivity index (χ0v) is 16.6. The average Bonchev–Trinajstić information content (AvgIpc) is 3.27. The van der Waals surface area contributed by atoms with Crippen LogP contribution in [0.4, 0.5) is 0 Å². The Morgan fingerprint density at radius 1 is 0.714 bits per heavy atom. The molecule has 0 nitrogen and oxygen atoms in total. The number of rotatable bonds is 7. The first-order chi connectivity index (χ1) is 13.9. The lowest BCUT2D eigenvalue weighted by Crippen LogP contribution is -2.36. The number of hydrogen-bond donors (Lipinski definition) is 0. The van der Waals surface area contributed by atoms with Crippen molar-refractivity contribution in [2.75, 3.05) is 0 Å². The van der Waals surface area contributed by atoms with Gasteiger partial charge in [0.15, 0.2) is 0 Å². The summed E-state index contributed by atoms with van der Waals surface area (Å²) in [4.78, 5) is 0. The molecule has 0 saturated heterocycles. The normalized spacial score (nSPS) is 16.2. The molecule has 0 spiro atoms. The van der Waals surface area contributed by atoms with Crippen molar-refractivity contribution in [3.8, 4) is 0 Å². The van der Waals surface area contributed by atoms with Gasteiger partial charge in [0.05, 0.1) is 0 Å². The summed E-state index contributed by atoms with van der Waals surface area (Å²) in [5.74, 6) is 0.325. The van der Waals surface area contributed by atoms with E-state index >= 15 is 0 Å². The van der Waals surface area contributed by atoms with Gasteiger partial charge in [0, 0.05) is 11.3 Å². The van der Waals surface area contributed by atoms with Crippen LogP contribution in [0.3, 0.4) is 0 Å². The Morgan fingerprint density at radius 2 is 1.25 bits per heavy atom. The lowest BCUT2D eigenvalue weighted by atomic mass is 9.61. The molecule has 3 aromatic rings. The summed E-state index contributed by atoms with van der Waals surface area (Å²) in [6.07, 6.45) is 10.5. The van der Waals surface area contributed by atoms with Crippen molar-refractivity contribution in [2.24, 2.45) is 5.92 Å². The van der Waals surface area contributed by atoms with Gasteiger partial charge in [-0.15, -0.1) is 0 Å². The van der Waals surface area contributed by atoms with Gasteiger partial charge >= 0.3 is 0 Å². The number of hydrogen-bond acceptors (Lipinski definition) is 0. The fourth-order valence-electron chi connectivity index (χ4n) is 4.71. The highest BCUT2D eigenvalue weighted by Gasteiger charge is 2.43. The Hall–Kier alpha value is -2.86. The summed E-state index contributed by atoms with van der Waals surface area (Å²) >= 11 is 0. The van der Waals surface area contributed by atoms with E-state index < -0.39 is 0 Å². The monoisotopic (exact) mass is 364 g/mol. The van der Waals surface area contributed by atoms with Crippen LogP contribution < -0.4 is 0 Å². The Morgan fingerprint density at radius 3 is 1.79 bits per heavy atom. The molecule has 140 valence electrons. The summed E-state index contributed by atoms with van der Waals surface area (Å²) in [6, 6.07) is 33.1. The molecule has 0 radical (unpaired) electrons. The SMILES string of the molecule is CCCCC(c1ccccc1)(c1ccccc1)C1C=CC=C1c1ccccc1.